The fourth-order valence-corrected chi connectivity index (χ4v) is 1.65. The first-order valence-corrected chi connectivity index (χ1v) is 6.06. The highest BCUT2D eigenvalue weighted by molar-refractivity contribution is 5.99. The second kappa shape index (κ2) is 5.65. The van der Waals surface area contributed by atoms with Gasteiger partial charge in [-0.25, -0.2) is 9.59 Å². The molecule has 7 nitrogen and oxygen atoms in total. The fourth-order valence-electron chi connectivity index (χ4n) is 1.65. The summed E-state index contributed by atoms with van der Waals surface area (Å²) in [5.74, 6) is -1.22. The second-order valence-electron chi connectivity index (χ2n) is 5.10. The molecule has 0 radical (unpaired) electrons. The van der Waals surface area contributed by atoms with Crippen molar-refractivity contribution in [2.75, 3.05) is 5.32 Å². The van der Waals surface area contributed by atoms with Crippen LogP contribution >= 0.6 is 0 Å². The molecule has 0 aromatic carbocycles. The normalized spacial score (nSPS) is 10.8. The number of nitrogens with zero attached hydrogens (tertiary/aromatic N) is 2. The minimum Gasteiger partial charge on any atom is -0.477 e. The van der Waals surface area contributed by atoms with Crippen molar-refractivity contribution >= 4 is 17.7 Å². The van der Waals surface area contributed by atoms with E-state index >= 15 is 0 Å². The number of ether oxygens (including phenoxy) is 1. The van der Waals surface area contributed by atoms with E-state index in [1.54, 1.807) is 27.7 Å². The van der Waals surface area contributed by atoms with Gasteiger partial charge in [-0.05, 0) is 27.7 Å². The number of amides is 1. The highest BCUT2D eigenvalue weighted by Crippen LogP contribution is 2.24. The average molecular weight is 279 g/mol. The molecule has 0 unspecified atom stereocenters. The molecule has 0 bridgehead atoms. The summed E-state index contributed by atoms with van der Waals surface area (Å²) in [6.07, 6.45) is 0.584. The van der Waals surface area contributed by atoms with Crippen LogP contribution in [0, 0.1) is 11.3 Å². The smallest absolute Gasteiger partial charge is 0.412 e. The Hall–Kier alpha value is -2.49. The lowest BCUT2D eigenvalue weighted by atomic mass is 10.2. The zero-order valence-corrected chi connectivity index (χ0v) is 11.9. The number of anilines is 1. The Balaban J connectivity index is 3.17. The Labute approximate surface area is 116 Å². The van der Waals surface area contributed by atoms with E-state index in [0.717, 1.165) is 0 Å². The average Bonchev–Trinajstić information content (AvgIpc) is 2.64. The molecule has 0 aliphatic rings. The molecule has 0 spiro atoms. The number of aryl methyl sites for hydroxylation is 1. The van der Waals surface area contributed by atoms with E-state index in [9.17, 15) is 14.7 Å². The molecule has 0 saturated carbocycles. The Bertz CT molecular complexity index is 576. The predicted octanol–water partition coefficient (Wildman–Crippen LogP) is 2.42. The Morgan fingerprint density at radius 1 is 1.50 bits per heavy atom. The van der Waals surface area contributed by atoms with Crippen LogP contribution in [0.3, 0.4) is 0 Å². The number of hydrogen-bond donors (Lipinski definition) is 2. The Kier molecular flexibility index (Phi) is 4.40. The minimum atomic E-state index is -1.22. The summed E-state index contributed by atoms with van der Waals surface area (Å²) in [6.45, 7) is 7.17. The topological polar surface area (TPSA) is 104 Å². The molecule has 0 fully saturated rings. The van der Waals surface area contributed by atoms with Gasteiger partial charge in [0, 0.05) is 12.7 Å². The summed E-state index contributed by atoms with van der Waals surface area (Å²) in [5, 5.41) is 20.6. The first-order chi connectivity index (χ1) is 9.19. The Morgan fingerprint density at radius 2 is 2.10 bits per heavy atom. The van der Waals surface area contributed by atoms with Gasteiger partial charge in [0.05, 0.1) is 11.3 Å². The van der Waals surface area contributed by atoms with E-state index < -0.39 is 17.7 Å². The Morgan fingerprint density at radius 3 is 2.50 bits per heavy atom. The molecule has 2 N–H and O–H groups in total. The number of carboxylic acid groups (broad SMARTS) is 1. The van der Waals surface area contributed by atoms with E-state index in [-0.39, 0.29) is 16.9 Å². The number of nitrogens with one attached hydrogen (secondary N) is 1. The van der Waals surface area contributed by atoms with E-state index in [0.29, 0.717) is 6.54 Å². The summed E-state index contributed by atoms with van der Waals surface area (Å²) in [7, 11) is 0. The molecule has 108 valence electrons. The molecule has 1 heterocycles. The number of carboxylic acids is 1. The van der Waals surface area contributed by atoms with Gasteiger partial charge in [0.25, 0.3) is 0 Å². The maximum atomic E-state index is 11.7. The zero-order chi connectivity index (χ0) is 15.5. The van der Waals surface area contributed by atoms with Crippen molar-refractivity contribution in [1.82, 2.24) is 4.57 Å². The van der Waals surface area contributed by atoms with Gasteiger partial charge in [-0.2, -0.15) is 5.26 Å². The SMILES string of the molecule is CCn1cc(C#N)c(NC(=O)OC(C)(C)C)c1C(=O)O. The first-order valence-electron chi connectivity index (χ1n) is 6.06. The van der Waals surface area contributed by atoms with Gasteiger partial charge in [0.2, 0.25) is 0 Å². The van der Waals surface area contributed by atoms with Gasteiger partial charge in [-0.1, -0.05) is 0 Å². The second-order valence-corrected chi connectivity index (χ2v) is 5.10. The number of aromatic carboxylic acids is 1. The summed E-state index contributed by atoms with van der Waals surface area (Å²) in [4.78, 5) is 23.0. The number of carbonyl (C=O) groups excluding carboxylic acids is 1. The van der Waals surface area contributed by atoms with Crippen molar-refractivity contribution < 1.29 is 19.4 Å². The third kappa shape index (κ3) is 3.51. The molecule has 1 amide bonds. The van der Waals surface area contributed by atoms with Crippen LogP contribution in [-0.4, -0.2) is 27.3 Å². The lowest BCUT2D eigenvalue weighted by molar-refractivity contribution is 0.0636. The number of hydrogen-bond acceptors (Lipinski definition) is 4. The molecule has 0 atom stereocenters. The zero-order valence-electron chi connectivity index (χ0n) is 11.9. The lowest BCUT2D eigenvalue weighted by Crippen LogP contribution is -2.28. The third-order valence-electron chi connectivity index (χ3n) is 2.37. The molecule has 0 aliphatic carbocycles. The monoisotopic (exact) mass is 279 g/mol. The van der Waals surface area contributed by atoms with Gasteiger partial charge in [-0.3, -0.25) is 5.32 Å². The van der Waals surface area contributed by atoms with Crippen LogP contribution in [0.5, 0.6) is 0 Å². The largest absolute Gasteiger partial charge is 0.477 e. The number of rotatable bonds is 3. The summed E-state index contributed by atoms with van der Waals surface area (Å²) in [6, 6.07) is 1.86. The van der Waals surface area contributed by atoms with Crippen molar-refractivity contribution in [3.05, 3.63) is 17.5 Å². The highest BCUT2D eigenvalue weighted by atomic mass is 16.6. The molecule has 20 heavy (non-hydrogen) atoms. The highest BCUT2D eigenvalue weighted by Gasteiger charge is 2.24. The van der Waals surface area contributed by atoms with E-state index in [1.165, 1.54) is 10.8 Å². The van der Waals surface area contributed by atoms with E-state index in [1.807, 2.05) is 6.07 Å². The molecule has 7 heteroatoms. The summed E-state index contributed by atoms with van der Waals surface area (Å²) in [5.41, 5.74) is -0.825. The van der Waals surface area contributed by atoms with Crippen molar-refractivity contribution in [1.29, 1.82) is 5.26 Å². The van der Waals surface area contributed by atoms with E-state index in [4.69, 9.17) is 10.00 Å². The van der Waals surface area contributed by atoms with Crippen LogP contribution in [0.2, 0.25) is 0 Å². The van der Waals surface area contributed by atoms with Crippen LogP contribution in [0.1, 0.15) is 43.7 Å². The summed E-state index contributed by atoms with van der Waals surface area (Å²) >= 11 is 0. The van der Waals surface area contributed by atoms with Gasteiger partial charge >= 0.3 is 12.1 Å². The van der Waals surface area contributed by atoms with Crippen molar-refractivity contribution in [3.63, 3.8) is 0 Å². The predicted molar refractivity (Wildman–Crippen MR) is 71.6 cm³/mol. The fraction of sp³-hybridized carbons (Fsp3) is 0.462. The van der Waals surface area contributed by atoms with Crippen LogP contribution in [0.25, 0.3) is 0 Å². The standard InChI is InChI=1S/C13H17N3O4/c1-5-16-7-8(6-14)9(10(16)11(17)18)15-12(19)20-13(2,3)4/h7H,5H2,1-4H3,(H,15,19)(H,17,18). The van der Waals surface area contributed by atoms with Crippen molar-refractivity contribution in [2.45, 2.75) is 39.8 Å². The third-order valence-corrected chi connectivity index (χ3v) is 2.37. The van der Waals surface area contributed by atoms with Gasteiger partial charge in [0.1, 0.15) is 11.7 Å². The quantitative estimate of drug-likeness (QED) is 0.884. The van der Waals surface area contributed by atoms with Crippen molar-refractivity contribution in [2.24, 2.45) is 0 Å². The lowest BCUT2D eigenvalue weighted by Gasteiger charge is -2.19. The van der Waals surface area contributed by atoms with Gasteiger partial charge < -0.3 is 14.4 Å². The van der Waals surface area contributed by atoms with Crippen LogP contribution < -0.4 is 5.32 Å². The first kappa shape index (κ1) is 15.6. The molecule has 1 aromatic rings. The van der Waals surface area contributed by atoms with Crippen molar-refractivity contribution in [3.8, 4) is 6.07 Å². The van der Waals surface area contributed by atoms with Crippen LogP contribution in [0.4, 0.5) is 10.5 Å². The number of aromatic nitrogens is 1. The molecule has 1 rings (SSSR count). The molecule has 1 aromatic heterocycles. The van der Waals surface area contributed by atoms with Crippen LogP contribution in [0.15, 0.2) is 6.20 Å². The number of nitriles is 1. The molecular weight excluding hydrogens is 262 g/mol. The maximum Gasteiger partial charge on any atom is 0.412 e. The minimum absolute atomic E-state index is 0.0453. The van der Waals surface area contributed by atoms with E-state index in [2.05, 4.69) is 5.32 Å². The maximum absolute atomic E-state index is 11.7. The van der Waals surface area contributed by atoms with Gasteiger partial charge in [-0.15, -0.1) is 0 Å². The number of carbonyl (C=O) groups is 2. The van der Waals surface area contributed by atoms with Crippen LogP contribution in [-0.2, 0) is 11.3 Å². The molecule has 0 saturated heterocycles. The molecule has 0 aliphatic heterocycles. The van der Waals surface area contributed by atoms with Gasteiger partial charge in [0.15, 0.2) is 5.69 Å². The summed E-state index contributed by atoms with van der Waals surface area (Å²) < 4.78 is 6.44. The molecular formula is C13H17N3O4.